The van der Waals surface area contributed by atoms with E-state index in [0.717, 1.165) is 12.2 Å². The van der Waals surface area contributed by atoms with Crippen LogP contribution in [-0.2, 0) is 0 Å². The molecular formula is C12H14BrNO2. The third-order valence-corrected chi connectivity index (χ3v) is 2.67. The lowest BCUT2D eigenvalue weighted by Crippen LogP contribution is -2.01. The molecule has 0 unspecified atom stereocenters. The van der Waals surface area contributed by atoms with Crippen molar-refractivity contribution in [3.63, 3.8) is 0 Å². The van der Waals surface area contributed by atoms with Gasteiger partial charge in [0.1, 0.15) is 0 Å². The molecule has 0 bridgehead atoms. The lowest BCUT2D eigenvalue weighted by atomic mass is 10.2. The number of carbonyl (C=O) groups is 1. The van der Waals surface area contributed by atoms with Gasteiger partial charge < -0.3 is 10.4 Å². The molecule has 0 spiro atoms. The van der Waals surface area contributed by atoms with Crippen LogP contribution in [0.5, 0.6) is 0 Å². The Morgan fingerprint density at radius 3 is 2.69 bits per heavy atom. The Labute approximate surface area is 103 Å². The van der Waals surface area contributed by atoms with Crippen molar-refractivity contribution in [3.05, 3.63) is 39.9 Å². The zero-order valence-electron chi connectivity index (χ0n) is 9.25. The van der Waals surface area contributed by atoms with Gasteiger partial charge in [0.25, 0.3) is 0 Å². The third kappa shape index (κ3) is 3.70. The molecule has 1 aromatic rings. The number of nitrogens with one attached hydrogen (secondary N) is 1. The summed E-state index contributed by atoms with van der Waals surface area (Å²) in [7, 11) is 0. The van der Waals surface area contributed by atoms with E-state index >= 15 is 0 Å². The molecule has 16 heavy (non-hydrogen) atoms. The average molecular weight is 284 g/mol. The highest BCUT2D eigenvalue weighted by molar-refractivity contribution is 9.10. The highest BCUT2D eigenvalue weighted by Gasteiger charge is 2.07. The van der Waals surface area contributed by atoms with Gasteiger partial charge in [-0.2, -0.15) is 0 Å². The van der Waals surface area contributed by atoms with Gasteiger partial charge in [0.05, 0.1) is 5.56 Å². The first-order valence-electron chi connectivity index (χ1n) is 4.91. The summed E-state index contributed by atoms with van der Waals surface area (Å²) in [4.78, 5) is 10.8. The number of anilines is 1. The fourth-order valence-corrected chi connectivity index (χ4v) is 1.72. The maximum Gasteiger partial charge on any atom is 0.336 e. The highest BCUT2D eigenvalue weighted by atomic mass is 79.9. The lowest BCUT2D eigenvalue weighted by molar-refractivity contribution is 0.0696. The normalized spacial score (nSPS) is 9.69. The van der Waals surface area contributed by atoms with Gasteiger partial charge in [0, 0.05) is 16.7 Å². The molecule has 2 N–H and O–H groups in total. The van der Waals surface area contributed by atoms with Crippen LogP contribution in [0.1, 0.15) is 24.2 Å². The molecule has 0 saturated carbocycles. The van der Waals surface area contributed by atoms with E-state index in [-0.39, 0.29) is 5.56 Å². The van der Waals surface area contributed by atoms with Crippen LogP contribution < -0.4 is 5.32 Å². The molecule has 0 aromatic heterocycles. The van der Waals surface area contributed by atoms with Gasteiger partial charge in [0.15, 0.2) is 0 Å². The molecule has 0 fully saturated rings. The summed E-state index contributed by atoms with van der Waals surface area (Å²) in [5, 5.41) is 12.0. The lowest BCUT2D eigenvalue weighted by Gasteiger charge is -2.06. The zero-order chi connectivity index (χ0) is 12.1. The summed E-state index contributed by atoms with van der Waals surface area (Å²) in [6, 6.07) is 5.10. The van der Waals surface area contributed by atoms with E-state index in [9.17, 15) is 4.79 Å². The van der Waals surface area contributed by atoms with Crippen LogP contribution in [-0.4, -0.2) is 17.6 Å². The number of allylic oxidation sites excluding steroid dienone is 1. The summed E-state index contributed by atoms with van der Waals surface area (Å²) >= 11 is 3.23. The Bertz CT molecular complexity index is 423. The molecule has 0 atom stereocenters. The molecule has 1 rings (SSSR count). The maximum absolute atomic E-state index is 10.8. The highest BCUT2D eigenvalue weighted by Crippen LogP contribution is 2.21. The summed E-state index contributed by atoms with van der Waals surface area (Å²) in [6.45, 7) is 4.80. The second kappa shape index (κ2) is 5.70. The SMILES string of the molecule is CC(C)=CCNc1ccc(C(=O)O)c(Br)c1. The van der Waals surface area contributed by atoms with E-state index in [1.165, 1.54) is 5.57 Å². The quantitative estimate of drug-likeness (QED) is 0.832. The molecule has 1 aromatic carbocycles. The van der Waals surface area contributed by atoms with Crippen molar-refractivity contribution < 1.29 is 9.90 Å². The number of benzene rings is 1. The fourth-order valence-electron chi connectivity index (χ4n) is 1.17. The van der Waals surface area contributed by atoms with Crippen molar-refractivity contribution in [3.8, 4) is 0 Å². The van der Waals surface area contributed by atoms with Crippen LogP contribution in [0.4, 0.5) is 5.69 Å². The van der Waals surface area contributed by atoms with Crippen molar-refractivity contribution in [2.24, 2.45) is 0 Å². The summed E-state index contributed by atoms with van der Waals surface area (Å²) in [5.74, 6) is -0.928. The smallest absolute Gasteiger partial charge is 0.336 e. The Morgan fingerprint density at radius 1 is 1.50 bits per heavy atom. The number of hydrogen-bond acceptors (Lipinski definition) is 2. The van der Waals surface area contributed by atoms with Crippen molar-refractivity contribution in [2.75, 3.05) is 11.9 Å². The second-order valence-electron chi connectivity index (χ2n) is 3.66. The van der Waals surface area contributed by atoms with Crippen LogP contribution in [0, 0.1) is 0 Å². The molecule has 0 radical (unpaired) electrons. The number of hydrogen-bond donors (Lipinski definition) is 2. The standard InChI is InChI=1S/C12H14BrNO2/c1-8(2)5-6-14-9-3-4-10(12(15)16)11(13)7-9/h3-5,7,14H,6H2,1-2H3,(H,15,16). The minimum absolute atomic E-state index is 0.271. The van der Waals surface area contributed by atoms with Crippen molar-refractivity contribution in [2.45, 2.75) is 13.8 Å². The van der Waals surface area contributed by atoms with Crippen LogP contribution in [0.15, 0.2) is 34.3 Å². The fraction of sp³-hybridized carbons (Fsp3) is 0.250. The van der Waals surface area contributed by atoms with Gasteiger partial charge in [-0.15, -0.1) is 0 Å². The molecule has 4 heteroatoms. The van der Waals surface area contributed by atoms with Crippen molar-refractivity contribution in [1.29, 1.82) is 0 Å². The van der Waals surface area contributed by atoms with Crippen LogP contribution >= 0.6 is 15.9 Å². The number of carboxylic acid groups (broad SMARTS) is 1. The third-order valence-electron chi connectivity index (χ3n) is 2.02. The summed E-state index contributed by atoms with van der Waals surface area (Å²) in [5.41, 5.74) is 2.41. The van der Waals surface area contributed by atoms with E-state index < -0.39 is 5.97 Å². The van der Waals surface area contributed by atoms with E-state index in [0.29, 0.717) is 4.47 Å². The van der Waals surface area contributed by atoms with Gasteiger partial charge in [-0.05, 0) is 48.0 Å². The van der Waals surface area contributed by atoms with E-state index in [4.69, 9.17) is 5.11 Å². The number of carboxylic acids is 1. The first-order chi connectivity index (χ1) is 7.50. The summed E-state index contributed by atoms with van der Waals surface area (Å²) < 4.78 is 0.585. The molecule has 0 aliphatic heterocycles. The van der Waals surface area contributed by atoms with Gasteiger partial charge in [-0.25, -0.2) is 4.79 Å². The van der Waals surface area contributed by atoms with Crippen molar-refractivity contribution in [1.82, 2.24) is 0 Å². The Kier molecular flexibility index (Phi) is 4.55. The van der Waals surface area contributed by atoms with Gasteiger partial charge in [0.2, 0.25) is 0 Å². The Morgan fingerprint density at radius 2 is 2.19 bits per heavy atom. The minimum atomic E-state index is -0.928. The molecule has 0 heterocycles. The molecule has 3 nitrogen and oxygen atoms in total. The molecule has 86 valence electrons. The van der Waals surface area contributed by atoms with Crippen LogP contribution in [0.25, 0.3) is 0 Å². The molecule has 0 saturated heterocycles. The molecule has 0 aliphatic rings. The number of aromatic carboxylic acids is 1. The predicted octanol–water partition coefficient (Wildman–Crippen LogP) is 3.53. The maximum atomic E-state index is 10.8. The zero-order valence-corrected chi connectivity index (χ0v) is 10.8. The Balaban J connectivity index is 2.74. The van der Waals surface area contributed by atoms with E-state index in [1.54, 1.807) is 18.2 Å². The molecule has 0 amide bonds. The first-order valence-corrected chi connectivity index (χ1v) is 5.70. The Hall–Kier alpha value is -1.29. The topological polar surface area (TPSA) is 49.3 Å². The minimum Gasteiger partial charge on any atom is -0.478 e. The largest absolute Gasteiger partial charge is 0.478 e. The molecular weight excluding hydrogens is 270 g/mol. The second-order valence-corrected chi connectivity index (χ2v) is 4.52. The van der Waals surface area contributed by atoms with E-state index in [1.807, 2.05) is 13.8 Å². The van der Waals surface area contributed by atoms with Gasteiger partial charge in [-0.3, -0.25) is 0 Å². The van der Waals surface area contributed by atoms with Crippen molar-refractivity contribution >= 4 is 27.6 Å². The number of halogens is 1. The van der Waals surface area contributed by atoms with Crippen LogP contribution in [0.3, 0.4) is 0 Å². The van der Waals surface area contributed by atoms with Gasteiger partial charge >= 0.3 is 5.97 Å². The van der Waals surface area contributed by atoms with Gasteiger partial charge in [-0.1, -0.05) is 11.6 Å². The van der Waals surface area contributed by atoms with E-state index in [2.05, 4.69) is 27.3 Å². The van der Waals surface area contributed by atoms with Crippen LogP contribution in [0.2, 0.25) is 0 Å². The predicted molar refractivity (Wildman–Crippen MR) is 69.0 cm³/mol. The summed E-state index contributed by atoms with van der Waals surface area (Å²) in [6.07, 6.45) is 2.07. The first kappa shape index (κ1) is 12.8. The monoisotopic (exact) mass is 283 g/mol. The number of rotatable bonds is 4. The molecule has 0 aliphatic carbocycles. The average Bonchev–Trinajstić information content (AvgIpc) is 2.16.